The Morgan fingerprint density at radius 3 is 3.29 bits per heavy atom. The van der Waals surface area contributed by atoms with Gasteiger partial charge >= 0.3 is 0 Å². The summed E-state index contributed by atoms with van der Waals surface area (Å²) in [6.07, 6.45) is 7.45. The van der Waals surface area contributed by atoms with E-state index in [-0.39, 0.29) is 6.04 Å². The second-order valence-corrected chi connectivity index (χ2v) is 5.31. The number of hydrogen-bond acceptors (Lipinski definition) is 4. The lowest BCUT2D eigenvalue weighted by Crippen LogP contribution is -2.37. The molecule has 0 spiro atoms. The average Bonchev–Trinajstić information content (AvgIpc) is 2.90. The highest BCUT2D eigenvalue weighted by Crippen LogP contribution is 2.20. The number of piperidine rings is 1. The van der Waals surface area contributed by atoms with Crippen LogP contribution in [0.3, 0.4) is 0 Å². The molecule has 1 saturated heterocycles. The number of nitriles is 1. The number of aromatic nitrogens is 2. The van der Waals surface area contributed by atoms with E-state index in [1.54, 1.807) is 11.3 Å². The van der Waals surface area contributed by atoms with Gasteiger partial charge in [-0.25, -0.2) is 4.98 Å². The number of nitrogens with zero attached hydrogens (tertiary/aromatic N) is 4. The maximum absolute atomic E-state index is 9.12. The largest absolute Gasteiger partial charge is 0.297 e. The van der Waals surface area contributed by atoms with E-state index in [9.17, 15) is 0 Å². The van der Waals surface area contributed by atoms with Gasteiger partial charge in [-0.1, -0.05) is 0 Å². The van der Waals surface area contributed by atoms with Crippen LogP contribution in [0, 0.1) is 11.3 Å². The second-order valence-electron chi connectivity index (χ2n) is 4.44. The van der Waals surface area contributed by atoms with Crippen molar-refractivity contribution in [3.8, 4) is 6.07 Å². The lowest BCUT2D eigenvalue weighted by molar-refractivity contribution is 0.175. The fourth-order valence-corrected chi connectivity index (χ4v) is 3.11. The minimum absolute atomic E-state index is 0.0727. The van der Waals surface area contributed by atoms with Crippen molar-refractivity contribution >= 4 is 16.3 Å². The maximum Gasteiger partial charge on any atom is 0.193 e. The third kappa shape index (κ3) is 2.06. The van der Waals surface area contributed by atoms with Crippen molar-refractivity contribution in [2.45, 2.75) is 31.8 Å². The van der Waals surface area contributed by atoms with Gasteiger partial charge < -0.3 is 0 Å². The summed E-state index contributed by atoms with van der Waals surface area (Å²) in [7, 11) is 0. The van der Waals surface area contributed by atoms with E-state index in [1.807, 2.05) is 16.0 Å². The fraction of sp³-hybridized carbons (Fsp3) is 0.500. The van der Waals surface area contributed by atoms with Crippen LogP contribution >= 0.6 is 11.3 Å². The lowest BCUT2D eigenvalue weighted by Gasteiger charge is -2.30. The molecule has 3 heterocycles. The zero-order chi connectivity index (χ0) is 11.7. The molecule has 17 heavy (non-hydrogen) atoms. The van der Waals surface area contributed by atoms with Gasteiger partial charge in [0, 0.05) is 24.3 Å². The van der Waals surface area contributed by atoms with Gasteiger partial charge in [0.25, 0.3) is 0 Å². The normalized spacial score (nSPS) is 21.7. The van der Waals surface area contributed by atoms with Crippen LogP contribution in [-0.2, 0) is 6.54 Å². The summed E-state index contributed by atoms with van der Waals surface area (Å²) in [5, 5.41) is 11.2. The van der Waals surface area contributed by atoms with Crippen molar-refractivity contribution in [3.05, 3.63) is 23.5 Å². The summed E-state index contributed by atoms with van der Waals surface area (Å²) >= 11 is 1.65. The fourth-order valence-electron chi connectivity index (χ4n) is 2.39. The van der Waals surface area contributed by atoms with Crippen LogP contribution in [0.4, 0.5) is 0 Å². The predicted molar refractivity (Wildman–Crippen MR) is 66.7 cm³/mol. The number of thiazole rings is 1. The summed E-state index contributed by atoms with van der Waals surface area (Å²) in [4.78, 5) is 7.84. The zero-order valence-electron chi connectivity index (χ0n) is 9.54. The van der Waals surface area contributed by atoms with Gasteiger partial charge in [0.05, 0.1) is 17.8 Å². The van der Waals surface area contributed by atoms with Crippen LogP contribution in [0.1, 0.15) is 25.0 Å². The van der Waals surface area contributed by atoms with E-state index >= 15 is 0 Å². The number of imidazole rings is 1. The molecule has 3 rings (SSSR count). The number of hydrogen-bond donors (Lipinski definition) is 0. The molecule has 0 radical (unpaired) electrons. The van der Waals surface area contributed by atoms with Crippen molar-refractivity contribution in [2.75, 3.05) is 6.54 Å². The molecule has 1 aliphatic heterocycles. The Morgan fingerprint density at radius 2 is 2.47 bits per heavy atom. The van der Waals surface area contributed by atoms with E-state index in [0.29, 0.717) is 0 Å². The topological polar surface area (TPSA) is 44.3 Å². The smallest absolute Gasteiger partial charge is 0.193 e. The van der Waals surface area contributed by atoms with Crippen LogP contribution in [0.25, 0.3) is 4.96 Å². The Hall–Kier alpha value is -1.38. The first kappa shape index (κ1) is 10.8. The summed E-state index contributed by atoms with van der Waals surface area (Å²) in [5.41, 5.74) is 1.07. The molecule has 0 amide bonds. The minimum atomic E-state index is 0.0727. The molecule has 5 heteroatoms. The van der Waals surface area contributed by atoms with Gasteiger partial charge in [-0.3, -0.25) is 9.30 Å². The Balaban J connectivity index is 1.77. The number of likely N-dealkylation sites (tertiary alicyclic amines) is 1. The van der Waals surface area contributed by atoms with Crippen molar-refractivity contribution in [3.63, 3.8) is 0 Å². The van der Waals surface area contributed by atoms with Crippen LogP contribution in [0.15, 0.2) is 17.8 Å². The quantitative estimate of drug-likeness (QED) is 0.816. The molecule has 2 aromatic heterocycles. The molecule has 88 valence electrons. The molecule has 0 N–H and O–H groups in total. The molecule has 0 aliphatic carbocycles. The highest BCUT2D eigenvalue weighted by atomic mass is 32.1. The third-order valence-corrected chi connectivity index (χ3v) is 4.04. The second kappa shape index (κ2) is 4.47. The van der Waals surface area contributed by atoms with E-state index in [4.69, 9.17) is 5.26 Å². The molecule has 1 atom stereocenters. The summed E-state index contributed by atoms with van der Waals surface area (Å²) in [6.45, 7) is 1.82. The van der Waals surface area contributed by atoms with Gasteiger partial charge in [0.15, 0.2) is 4.96 Å². The molecule has 0 bridgehead atoms. The van der Waals surface area contributed by atoms with Gasteiger partial charge in [0.2, 0.25) is 0 Å². The molecular formula is C12H14N4S. The molecule has 0 aromatic carbocycles. The minimum Gasteiger partial charge on any atom is -0.297 e. The Morgan fingerprint density at radius 1 is 1.53 bits per heavy atom. The lowest BCUT2D eigenvalue weighted by atomic mass is 10.0. The van der Waals surface area contributed by atoms with Gasteiger partial charge in [0.1, 0.15) is 0 Å². The summed E-state index contributed by atoms with van der Waals surface area (Å²) in [6, 6.07) is 2.47. The summed E-state index contributed by atoms with van der Waals surface area (Å²) < 4.78 is 2.05. The first-order valence-electron chi connectivity index (χ1n) is 5.91. The van der Waals surface area contributed by atoms with Crippen LogP contribution < -0.4 is 0 Å². The molecule has 2 aromatic rings. The number of fused-ring (bicyclic) bond motifs is 1. The molecule has 1 fully saturated rings. The van der Waals surface area contributed by atoms with E-state index in [0.717, 1.165) is 30.2 Å². The van der Waals surface area contributed by atoms with E-state index in [1.165, 1.54) is 12.8 Å². The number of rotatable bonds is 2. The highest BCUT2D eigenvalue weighted by Gasteiger charge is 2.22. The Kier molecular flexibility index (Phi) is 2.83. The molecular weight excluding hydrogens is 232 g/mol. The monoisotopic (exact) mass is 246 g/mol. The SMILES string of the molecule is N#CC1CCCCN1Cc1cn2ccsc2n1. The molecule has 1 aliphatic rings. The van der Waals surface area contributed by atoms with Crippen molar-refractivity contribution in [2.24, 2.45) is 0 Å². The van der Waals surface area contributed by atoms with E-state index in [2.05, 4.69) is 22.1 Å². The Bertz CT molecular complexity index is 522. The van der Waals surface area contributed by atoms with Crippen molar-refractivity contribution in [1.82, 2.24) is 14.3 Å². The molecule has 4 nitrogen and oxygen atoms in total. The molecule has 0 saturated carbocycles. The van der Waals surface area contributed by atoms with Crippen LogP contribution in [0.5, 0.6) is 0 Å². The van der Waals surface area contributed by atoms with Gasteiger partial charge in [-0.15, -0.1) is 11.3 Å². The Labute approximate surface area is 104 Å². The van der Waals surface area contributed by atoms with Crippen LogP contribution in [0.2, 0.25) is 0 Å². The third-order valence-electron chi connectivity index (χ3n) is 3.27. The first-order chi connectivity index (χ1) is 8.36. The van der Waals surface area contributed by atoms with E-state index < -0.39 is 0 Å². The van der Waals surface area contributed by atoms with Gasteiger partial charge in [-0.05, 0) is 25.8 Å². The van der Waals surface area contributed by atoms with Gasteiger partial charge in [-0.2, -0.15) is 5.26 Å². The highest BCUT2D eigenvalue weighted by molar-refractivity contribution is 7.15. The maximum atomic E-state index is 9.12. The standard InChI is InChI=1S/C12H14N4S/c13-7-11-3-1-2-4-15(11)8-10-9-16-5-6-17-12(16)14-10/h5-6,9,11H,1-4,8H2. The first-order valence-corrected chi connectivity index (χ1v) is 6.79. The summed E-state index contributed by atoms with van der Waals surface area (Å²) in [5.74, 6) is 0. The van der Waals surface area contributed by atoms with Crippen molar-refractivity contribution < 1.29 is 0 Å². The predicted octanol–water partition coefficient (Wildman–Crippen LogP) is 2.27. The average molecular weight is 246 g/mol. The zero-order valence-corrected chi connectivity index (χ0v) is 10.4. The molecule has 1 unspecified atom stereocenters. The van der Waals surface area contributed by atoms with Crippen molar-refractivity contribution in [1.29, 1.82) is 5.26 Å². The van der Waals surface area contributed by atoms with Crippen LogP contribution in [-0.4, -0.2) is 26.9 Å².